The van der Waals surface area contributed by atoms with Crippen LogP contribution in [0.15, 0.2) is 18.2 Å². The molecule has 0 aliphatic heterocycles. The highest BCUT2D eigenvalue weighted by atomic mass is 28.4. The van der Waals surface area contributed by atoms with E-state index < -0.39 is 20.1 Å². The van der Waals surface area contributed by atoms with Crippen molar-refractivity contribution in [1.29, 1.82) is 0 Å². The topological polar surface area (TPSA) is 46.5 Å². The maximum atomic E-state index is 13.0. The van der Waals surface area contributed by atoms with Crippen molar-refractivity contribution in [1.82, 2.24) is 0 Å². The molecule has 0 amide bonds. The van der Waals surface area contributed by atoms with Crippen LogP contribution in [0, 0.1) is 5.82 Å². The van der Waals surface area contributed by atoms with Gasteiger partial charge in [-0.15, -0.1) is 0 Å². The highest BCUT2D eigenvalue weighted by Gasteiger charge is 2.19. The van der Waals surface area contributed by atoms with E-state index in [9.17, 15) is 9.18 Å². The zero-order valence-corrected chi connectivity index (χ0v) is 10.6. The van der Waals surface area contributed by atoms with Gasteiger partial charge >= 0.3 is 5.97 Å². The molecule has 1 aromatic rings. The van der Waals surface area contributed by atoms with Gasteiger partial charge in [0.05, 0.1) is 6.42 Å². The number of carboxylic acids is 1. The van der Waals surface area contributed by atoms with Gasteiger partial charge in [-0.25, -0.2) is 4.39 Å². The molecule has 1 N–H and O–H groups in total. The Morgan fingerprint density at radius 1 is 1.44 bits per heavy atom. The van der Waals surface area contributed by atoms with Crippen molar-refractivity contribution < 1.29 is 18.7 Å². The summed E-state index contributed by atoms with van der Waals surface area (Å²) in [7, 11) is -1.81. The maximum absolute atomic E-state index is 13.0. The van der Waals surface area contributed by atoms with E-state index in [1.54, 1.807) is 0 Å². The Bertz CT molecular complexity index is 399. The van der Waals surface area contributed by atoms with E-state index in [4.69, 9.17) is 9.53 Å². The van der Waals surface area contributed by atoms with E-state index >= 15 is 0 Å². The third kappa shape index (κ3) is 4.02. The molecule has 0 fully saturated rings. The van der Waals surface area contributed by atoms with Crippen LogP contribution >= 0.6 is 0 Å². The Morgan fingerprint density at radius 3 is 2.56 bits per heavy atom. The van der Waals surface area contributed by atoms with E-state index in [1.165, 1.54) is 18.2 Å². The summed E-state index contributed by atoms with van der Waals surface area (Å²) in [5, 5.41) is 8.71. The van der Waals surface area contributed by atoms with Gasteiger partial charge in [0, 0.05) is 5.56 Å². The van der Waals surface area contributed by atoms with Crippen LogP contribution in [-0.2, 0) is 11.2 Å². The van der Waals surface area contributed by atoms with Crippen LogP contribution in [0.4, 0.5) is 4.39 Å². The summed E-state index contributed by atoms with van der Waals surface area (Å²) in [6.45, 7) is 5.96. The van der Waals surface area contributed by atoms with Crippen LogP contribution in [0.25, 0.3) is 0 Å². The summed E-state index contributed by atoms with van der Waals surface area (Å²) in [4.78, 5) is 10.6. The number of benzene rings is 1. The second-order valence-corrected chi connectivity index (χ2v) is 8.97. The fourth-order valence-corrected chi connectivity index (χ4v) is 2.14. The minimum absolute atomic E-state index is 0.225. The largest absolute Gasteiger partial charge is 0.544 e. The maximum Gasteiger partial charge on any atom is 0.307 e. The van der Waals surface area contributed by atoms with Gasteiger partial charge in [0.2, 0.25) is 8.32 Å². The molecule has 0 saturated carbocycles. The molecule has 0 saturated heterocycles. The predicted octanol–water partition coefficient (Wildman–Crippen LogP) is 2.67. The smallest absolute Gasteiger partial charge is 0.307 e. The van der Waals surface area contributed by atoms with Crippen LogP contribution in [0.1, 0.15) is 5.56 Å². The quantitative estimate of drug-likeness (QED) is 0.826. The fraction of sp³-hybridized carbons (Fsp3) is 0.364. The van der Waals surface area contributed by atoms with Gasteiger partial charge in [0.15, 0.2) is 0 Å². The van der Waals surface area contributed by atoms with Gasteiger partial charge < -0.3 is 9.53 Å². The zero-order chi connectivity index (χ0) is 12.3. The van der Waals surface area contributed by atoms with Gasteiger partial charge in [-0.3, -0.25) is 4.79 Å². The molecule has 16 heavy (non-hydrogen) atoms. The Balaban J connectivity index is 3.02. The first-order chi connectivity index (χ1) is 7.28. The number of carbonyl (C=O) groups is 1. The molecule has 0 radical (unpaired) electrons. The number of halogens is 1. The van der Waals surface area contributed by atoms with Crippen LogP contribution in [0.2, 0.25) is 19.6 Å². The third-order valence-corrected chi connectivity index (χ3v) is 2.61. The number of carboxylic acid groups (broad SMARTS) is 1. The van der Waals surface area contributed by atoms with Crippen LogP contribution in [-0.4, -0.2) is 19.4 Å². The molecule has 0 spiro atoms. The van der Waals surface area contributed by atoms with E-state index in [-0.39, 0.29) is 6.42 Å². The monoisotopic (exact) mass is 242 g/mol. The first-order valence-corrected chi connectivity index (χ1v) is 8.38. The minimum atomic E-state index is -1.81. The van der Waals surface area contributed by atoms with Gasteiger partial charge in [-0.2, -0.15) is 0 Å². The Labute approximate surface area is 95.0 Å². The van der Waals surface area contributed by atoms with Crippen LogP contribution < -0.4 is 4.43 Å². The SMILES string of the molecule is C[Si](C)(C)Oc1ccc(F)cc1CC(=O)O. The van der Waals surface area contributed by atoms with Crippen molar-refractivity contribution in [3.05, 3.63) is 29.6 Å². The van der Waals surface area contributed by atoms with E-state index in [1.807, 2.05) is 19.6 Å². The van der Waals surface area contributed by atoms with Gasteiger partial charge in [0.25, 0.3) is 0 Å². The summed E-state index contributed by atoms with van der Waals surface area (Å²) in [6, 6.07) is 3.98. The van der Waals surface area contributed by atoms with Crippen molar-refractivity contribution in [2.45, 2.75) is 26.1 Å². The molecule has 0 unspecified atom stereocenters. The summed E-state index contributed by atoms with van der Waals surface area (Å²) >= 11 is 0. The molecule has 3 nitrogen and oxygen atoms in total. The number of hydrogen-bond donors (Lipinski definition) is 1. The lowest BCUT2D eigenvalue weighted by Gasteiger charge is -2.21. The summed E-state index contributed by atoms with van der Waals surface area (Å²) in [5.41, 5.74) is 0.384. The lowest BCUT2D eigenvalue weighted by atomic mass is 10.1. The highest BCUT2D eigenvalue weighted by molar-refractivity contribution is 6.70. The average molecular weight is 242 g/mol. The number of aliphatic carboxylic acids is 1. The lowest BCUT2D eigenvalue weighted by Crippen LogP contribution is -2.30. The minimum Gasteiger partial charge on any atom is -0.544 e. The average Bonchev–Trinajstić information content (AvgIpc) is 2.06. The van der Waals surface area contributed by atoms with Crippen molar-refractivity contribution in [3.8, 4) is 5.75 Å². The summed E-state index contributed by atoms with van der Waals surface area (Å²) < 4.78 is 18.7. The first-order valence-electron chi connectivity index (χ1n) is 4.97. The second kappa shape index (κ2) is 4.65. The Kier molecular flexibility index (Phi) is 3.69. The van der Waals surface area contributed by atoms with Crippen molar-refractivity contribution in [3.63, 3.8) is 0 Å². The first kappa shape index (κ1) is 12.7. The van der Waals surface area contributed by atoms with E-state index in [2.05, 4.69) is 0 Å². The lowest BCUT2D eigenvalue weighted by molar-refractivity contribution is -0.136. The Hall–Kier alpha value is -1.36. The molecule has 0 aliphatic carbocycles. The highest BCUT2D eigenvalue weighted by Crippen LogP contribution is 2.23. The molecule has 1 rings (SSSR count). The van der Waals surface area contributed by atoms with Crippen LogP contribution in [0.5, 0.6) is 5.75 Å². The standard InChI is InChI=1S/C11H15FO3Si/c1-16(2,3)15-10-5-4-9(12)6-8(10)7-11(13)14/h4-6H,7H2,1-3H3,(H,13,14). The van der Waals surface area contributed by atoms with E-state index in [0.29, 0.717) is 11.3 Å². The normalized spacial score (nSPS) is 11.2. The molecule has 0 heterocycles. The van der Waals surface area contributed by atoms with Gasteiger partial charge in [-0.1, -0.05) is 0 Å². The molecule has 0 bridgehead atoms. The number of rotatable bonds is 4. The van der Waals surface area contributed by atoms with Crippen LogP contribution in [0.3, 0.4) is 0 Å². The predicted molar refractivity (Wildman–Crippen MR) is 61.7 cm³/mol. The second-order valence-electron chi connectivity index (χ2n) is 4.54. The molecule has 5 heteroatoms. The summed E-state index contributed by atoms with van der Waals surface area (Å²) in [6.07, 6.45) is -0.225. The molecular formula is C11H15FO3Si. The molecule has 88 valence electrons. The molecule has 0 atom stereocenters. The Morgan fingerprint density at radius 2 is 2.06 bits per heavy atom. The molecular weight excluding hydrogens is 227 g/mol. The third-order valence-electron chi connectivity index (χ3n) is 1.78. The molecule has 1 aromatic carbocycles. The van der Waals surface area contributed by atoms with E-state index in [0.717, 1.165) is 0 Å². The zero-order valence-electron chi connectivity index (χ0n) is 9.58. The van der Waals surface area contributed by atoms with Crippen molar-refractivity contribution in [2.24, 2.45) is 0 Å². The van der Waals surface area contributed by atoms with Crippen molar-refractivity contribution in [2.75, 3.05) is 0 Å². The van der Waals surface area contributed by atoms with Gasteiger partial charge in [0.1, 0.15) is 11.6 Å². The van der Waals surface area contributed by atoms with Gasteiger partial charge in [-0.05, 0) is 37.8 Å². The number of hydrogen-bond acceptors (Lipinski definition) is 2. The fourth-order valence-electron chi connectivity index (χ4n) is 1.28. The molecule has 0 aliphatic rings. The molecule has 0 aromatic heterocycles. The summed E-state index contributed by atoms with van der Waals surface area (Å²) in [5.74, 6) is -0.965. The van der Waals surface area contributed by atoms with Crippen molar-refractivity contribution >= 4 is 14.3 Å².